The number of carbonyl (C=O) groups is 1. The molecule has 0 aliphatic heterocycles. The maximum Gasteiger partial charge on any atom is 0.257 e. The van der Waals surface area contributed by atoms with Crippen LogP contribution in [0.25, 0.3) is 0 Å². The van der Waals surface area contributed by atoms with Gasteiger partial charge in [0.05, 0.1) is 0 Å². The van der Waals surface area contributed by atoms with Gasteiger partial charge in [0.25, 0.3) is 5.91 Å². The molecule has 1 N–H and O–H groups in total. The quantitative estimate of drug-likeness (QED) is 0.897. The lowest BCUT2D eigenvalue weighted by Gasteiger charge is -2.37. The normalized spacial score (nSPS) is 20.3. The Kier molecular flexibility index (Phi) is 4.12. The van der Waals surface area contributed by atoms with E-state index >= 15 is 0 Å². The molecule has 0 aromatic heterocycles. The van der Waals surface area contributed by atoms with E-state index in [9.17, 15) is 13.6 Å². The second-order valence-electron chi connectivity index (χ2n) is 5.41. The molecular weight excluding hydrogens is 308 g/mol. The summed E-state index contributed by atoms with van der Waals surface area (Å²) in [7, 11) is 0. The minimum absolute atomic E-state index is 0.118. The third-order valence-corrected chi connectivity index (χ3v) is 4.33. The van der Waals surface area contributed by atoms with E-state index in [2.05, 4.69) is 5.32 Å². The molecule has 1 saturated carbocycles. The van der Waals surface area contributed by atoms with E-state index in [0.717, 1.165) is 30.5 Å². The minimum Gasteiger partial charge on any atom is -0.349 e. The number of amides is 1. The lowest BCUT2D eigenvalue weighted by Crippen LogP contribution is -2.45. The molecule has 0 spiro atoms. The molecule has 114 valence electrons. The van der Waals surface area contributed by atoms with Gasteiger partial charge < -0.3 is 5.32 Å². The second-order valence-corrected chi connectivity index (χ2v) is 5.85. The van der Waals surface area contributed by atoms with E-state index in [1.165, 1.54) is 6.07 Å². The fourth-order valence-corrected chi connectivity index (χ4v) is 2.86. The van der Waals surface area contributed by atoms with Crippen molar-refractivity contribution in [2.45, 2.75) is 24.8 Å². The maximum absolute atomic E-state index is 13.6. The molecule has 1 aliphatic rings. The number of halogens is 3. The van der Waals surface area contributed by atoms with E-state index in [-0.39, 0.29) is 12.0 Å². The average molecular weight is 322 g/mol. The monoisotopic (exact) mass is 321 g/mol. The summed E-state index contributed by atoms with van der Waals surface area (Å²) in [6.07, 6.45) is 1.71. The summed E-state index contributed by atoms with van der Waals surface area (Å²) in [5.41, 5.74) is 0.541. The SMILES string of the molecule is O=C(NC1CC[C@@H]1c1ccc(Cl)cc1)c1c(F)cccc1F. The first-order valence-corrected chi connectivity index (χ1v) is 7.44. The molecule has 3 rings (SSSR count). The fourth-order valence-electron chi connectivity index (χ4n) is 2.74. The summed E-state index contributed by atoms with van der Waals surface area (Å²) >= 11 is 5.86. The number of hydrogen-bond acceptors (Lipinski definition) is 1. The number of rotatable bonds is 3. The highest BCUT2D eigenvalue weighted by Crippen LogP contribution is 2.37. The van der Waals surface area contributed by atoms with Crippen LogP contribution in [0.5, 0.6) is 0 Å². The zero-order chi connectivity index (χ0) is 15.7. The summed E-state index contributed by atoms with van der Waals surface area (Å²) in [5.74, 6) is -2.25. The first-order valence-electron chi connectivity index (χ1n) is 7.06. The Morgan fingerprint density at radius 2 is 1.68 bits per heavy atom. The van der Waals surface area contributed by atoms with Gasteiger partial charge >= 0.3 is 0 Å². The molecule has 2 atom stereocenters. The standard InChI is InChI=1S/C17H14ClF2NO/c18-11-6-4-10(5-7-11)12-8-9-15(12)21-17(22)16-13(19)2-1-3-14(16)20/h1-7,12,15H,8-9H2,(H,21,22)/t12-,15?/m1/s1. The van der Waals surface area contributed by atoms with Gasteiger partial charge in [-0.2, -0.15) is 0 Å². The molecular formula is C17H14ClF2NO. The maximum atomic E-state index is 13.6. The van der Waals surface area contributed by atoms with Crippen molar-refractivity contribution < 1.29 is 13.6 Å². The molecule has 2 aromatic rings. The lowest BCUT2D eigenvalue weighted by atomic mass is 9.75. The summed E-state index contributed by atoms with van der Waals surface area (Å²) in [6, 6.07) is 10.7. The number of benzene rings is 2. The van der Waals surface area contributed by atoms with Crippen LogP contribution < -0.4 is 5.32 Å². The predicted molar refractivity (Wildman–Crippen MR) is 81.0 cm³/mol. The first kappa shape index (κ1) is 15.0. The number of nitrogens with one attached hydrogen (secondary N) is 1. The summed E-state index contributed by atoms with van der Waals surface area (Å²) in [5, 5.41) is 3.38. The van der Waals surface area contributed by atoms with Gasteiger partial charge in [-0.3, -0.25) is 4.79 Å². The van der Waals surface area contributed by atoms with Crippen molar-refractivity contribution in [2.75, 3.05) is 0 Å². The molecule has 0 heterocycles. The van der Waals surface area contributed by atoms with Crippen molar-refractivity contribution in [1.29, 1.82) is 0 Å². The zero-order valence-corrected chi connectivity index (χ0v) is 12.4. The van der Waals surface area contributed by atoms with Crippen LogP contribution >= 0.6 is 11.6 Å². The van der Waals surface area contributed by atoms with Crippen LogP contribution in [0.2, 0.25) is 5.02 Å². The van der Waals surface area contributed by atoms with Gasteiger partial charge in [0.2, 0.25) is 0 Å². The van der Waals surface area contributed by atoms with Crippen LogP contribution in [0.3, 0.4) is 0 Å². The highest BCUT2D eigenvalue weighted by molar-refractivity contribution is 6.30. The Bertz CT molecular complexity index is 682. The van der Waals surface area contributed by atoms with E-state index in [0.29, 0.717) is 5.02 Å². The minimum atomic E-state index is -0.847. The molecule has 1 fully saturated rings. The highest BCUT2D eigenvalue weighted by Gasteiger charge is 2.34. The van der Waals surface area contributed by atoms with Crippen LogP contribution in [0.4, 0.5) is 8.78 Å². The van der Waals surface area contributed by atoms with Gasteiger partial charge in [0.1, 0.15) is 17.2 Å². The third-order valence-electron chi connectivity index (χ3n) is 4.08. The van der Waals surface area contributed by atoms with Crippen LogP contribution in [-0.4, -0.2) is 11.9 Å². The average Bonchev–Trinajstić information content (AvgIpc) is 2.46. The third kappa shape index (κ3) is 2.83. The van der Waals surface area contributed by atoms with Crippen molar-refractivity contribution in [1.82, 2.24) is 5.32 Å². The van der Waals surface area contributed by atoms with Gasteiger partial charge in [-0.25, -0.2) is 8.78 Å². The van der Waals surface area contributed by atoms with Crippen molar-refractivity contribution in [3.05, 3.63) is 70.2 Å². The molecule has 1 aliphatic carbocycles. The molecule has 1 amide bonds. The van der Waals surface area contributed by atoms with Gasteiger partial charge in [-0.15, -0.1) is 0 Å². The number of hydrogen-bond donors (Lipinski definition) is 1. The summed E-state index contributed by atoms with van der Waals surface area (Å²) < 4.78 is 27.2. The van der Waals surface area contributed by atoms with Crippen molar-refractivity contribution in [2.24, 2.45) is 0 Å². The van der Waals surface area contributed by atoms with Crippen LogP contribution in [-0.2, 0) is 0 Å². The largest absolute Gasteiger partial charge is 0.349 e. The van der Waals surface area contributed by atoms with Crippen LogP contribution in [0, 0.1) is 11.6 Å². The zero-order valence-electron chi connectivity index (χ0n) is 11.7. The number of carbonyl (C=O) groups excluding carboxylic acids is 1. The van der Waals surface area contributed by atoms with Crippen molar-refractivity contribution in [3.8, 4) is 0 Å². The smallest absolute Gasteiger partial charge is 0.257 e. The molecule has 5 heteroatoms. The van der Waals surface area contributed by atoms with E-state index in [4.69, 9.17) is 11.6 Å². The Hall–Kier alpha value is -1.94. The van der Waals surface area contributed by atoms with Gasteiger partial charge in [0, 0.05) is 17.0 Å². The van der Waals surface area contributed by atoms with Gasteiger partial charge in [0.15, 0.2) is 0 Å². The lowest BCUT2D eigenvalue weighted by molar-refractivity contribution is 0.0896. The fraction of sp³-hybridized carbons (Fsp3) is 0.235. The molecule has 0 saturated heterocycles. The Morgan fingerprint density at radius 3 is 2.23 bits per heavy atom. The van der Waals surface area contributed by atoms with Crippen LogP contribution in [0.15, 0.2) is 42.5 Å². The molecule has 0 bridgehead atoms. The van der Waals surface area contributed by atoms with Crippen LogP contribution in [0.1, 0.15) is 34.7 Å². The first-order chi connectivity index (χ1) is 10.6. The second kappa shape index (κ2) is 6.05. The van der Waals surface area contributed by atoms with Gasteiger partial charge in [-0.05, 0) is 42.7 Å². The topological polar surface area (TPSA) is 29.1 Å². The summed E-state index contributed by atoms with van der Waals surface area (Å²) in [4.78, 5) is 12.1. The van der Waals surface area contributed by atoms with E-state index in [1.54, 1.807) is 12.1 Å². The molecule has 1 unspecified atom stereocenters. The Morgan fingerprint density at radius 1 is 1.05 bits per heavy atom. The van der Waals surface area contributed by atoms with E-state index < -0.39 is 23.1 Å². The Labute approximate surface area is 132 Å². The van der Waals surface area contributed by atoms with Crippen molar-refractivity contribution >= 4 is 17.5 Å². The predicted octanol–water partition coefficient (Wildman–Crippen LogP) is 4.29. The summed E-state index contributed by atoms with van der Waals surface area (Å²) in [6.45, 7) is 0. The Balaban J connectivity index is 1.73. The van der Waals surface area contributed by atoms with Crippen molar-refractivity contribution in [3.63, 3.8) is 0 Å². The molecule has 2 nitrogen and oxygen atoms in total. The van der Waals surface area contributed by atoms with E-state index in [1.807, 2.05) is 12.1 Å². The van der Waals surface area contributed by atoms with Gasteiger partial charge in [-0.1, -0.05) is 29.8 Å². The molecule has 0 radical (unpaired) electrons. The molecule has 22 heavy (non-hydrogen) atoms. The molecule has 2 aromatic carbocycles. The highest BCUT2D eigenvalue weighted by atomic mass is 35.5.